The largest absolute Gasteiger partial charge is 0.227 e. The Morgan fingerprint density at radius 1 is 0.704 bits per heavy atom. The molecule has 0 N–H and O–H groups in total. The van der Waals surface area contributed by atoms with Crippen LogP contribution in [-0.2, 0) is 0 Å². The summed E-state index contributed by atoms with van der Waals surface area (Å²) in [5.74, 6) is 0.677. The molecule has 5 aromatic rings. The maximum atomic E-state index is 5.87. The second-order valence-corrected chi connectivity index (χ2v) is 6.42. The van der Waals surface area contributed by atoms with Gasteiger partial charge >= 0.3 is 0 Å². The van der Waals surface area contributed by atoms with Gasteiger partial charge in [0.25, 0.3) is 0 Å². The van der Waals surface area contributed by atoms with Crippen LogP contribution in [0, 0.1) is 12.1 Å². The van der Waals surface area contributed by atoms with Gasteiger partial charge in [0.2, 0.25) is 0 Å². The molecule has 0 amide bonds. The number of hydrogen-bond donors (Lipinski definition) is 0. The van der Waals surface area contributed by atoms with Gasteiger partial charge in [-0.3, -0.25) is 0 Å². The molecule has 1 heterocycles. The molecule has 0 spiro atoms. The van der Waals surface area contributed by atoms with Crippen LogP contribution in [0.4, 0.5) is 0 Å². The Morgan fingerprint density at radius 2 is 1.56 bits per heavy atom. The highest BCUT2D eigenvalue weighted by molar-refractivity contribution is 6.32. The van der Waals surface area contributed by atoms with Crippen LogP contribution in [0.2, 0.25) is 0 Å². The fraction of sp³-hybridized carbons (Fsp3) is 0. The molecule has 4 aromatic carbocycles. The van der Waals surface area contributed by atoms with Crippen LogP contribution in [0.5, 0.6) is 0 Å². The van der Waals surface area contributed by atoms with Crippen LogP contribution in [0.3, 0.4) is 0 Å². The average molecular weight is 340 g/mol. The third kappa shape index (κ3) is 2.72. The number of benzene rings is 3. The van der Waals surface area contributed by atoms with E-state index < -0.39 is 0 Å². The Balaban J connectivity index is 1.89. The summed E-state index contributed by atoms with van der Waals surface area (Å²) in [6.45, 7) is 0. The summed E-state index contributed by atoms with van der Waals surface area (Å²) in [5.41, 5.74) is 4.50. The highest BCUT2D eigenvalue weighted by Crippen LogP contribution is 2.32. The monoisotopic (exact) mass is 340 g/mol. The van der Waals surface area contributed by atoms with E-state index in [2.05, 4.69) is 36.4 Å². The Labute approximate surface area is 159 Å². The first-order valence-electron chi connectivity index (χ1n) is 8.73. The van der Waals surface area contributed by atoms with Crippen LogP contribution in [0.25, 0.3) is 44.3 Å². The summed E-state index contributed by atoms with van der Waals surface area (Å²) >= 11 is 0. The Bertz CT molecular complexity index is 1260. The van der Waals surface area contributed by atoms with Crippen molar-refractivity contribution in [3.05, 3.63) is 91.0 Å². The van der Waals surface area contributed by atoms with Gasteiger partial charge in [-0.25, -0.2) is 9.97 Å². The second-order valence-electron chi connectivity index (χ2n) is 6.42. The summed E-state index contributed by atoms with van der Waals surface area (Å²) < 4.78 is 0. The molecule has 0 aliphatic carbocycles. The van der Waals surface area contributed by atoms with Crippen LogP contribution in [0.15, 0.2) is 78.9 Å². The zero-order valence-corrected chi connectivity index (χ0v) is 14.5. The minimum absolute atomic E-state index is 0.677. The predicted molar refractivity (Wildman–Crippen MR) is 111 cm³/mol. The van der Waals surface area contributed by atoms with Gasteiger partial charge in [-0.05, 0) is 29.7 Å². The molecular weight excluding hydrogens is 327 g/mol. The number of hydrogen-bond acceptors (Lipinski definition) is 2. The first-order chi connectivity index (χ1) is 13.3. The molecule has 0 atom stereocenters. The van der Waals surface area contributed by atoms with Crippen LogP contribution < -0.4 is 5.46 Å². The first-order valence-corrected chi connectivity index (χ1v) is 8.73. The van der Waals surface area contributed by atoms with Gasteiger partial charge in [-0.2, -0.15) is 0 Å². The fourth-order valence-corrected chi connectivity index (χ4v) is 3.34. The van der Waals surface area contributed by atoms with E-state index in [0.717, 1.165) is 44.0 Å². The van der Waals surface area contributed by atoms with Crippen LogP contribution >= 0.6 is 0 Å². The third-order valence-corrected chi connectivity index (χ3v) is 4.69. The van der Waals surface area contributed by atoms with Crippen molar-refractivity contribution >= 4 is 35.0 Å². The highest BCUT2D eigenvalue weighted by Gasteiger charge is 2.13. The molecule has 2 nitrogen and oxygen atoms in total. The van der Waals surface area contributed by atoms with E-state index in [9.17, 15) is 0 Å². The molecule has 3 heteroatoms. The zero-order valence-electron chi connectivity index (χ0n) is 14.5. The lowest BCUT2D eigenvalue weighted by atomic mass is 9.94. The minimum atomic E-state index is 0.677. The van der Waals surface area contributed by atoms with Gasteiger partial charge < -0.3 is 0 Å². The van der Waals surface area contributed by atoms with Gasteiger partial charge in [0, 0.05) is 21.9 Å². The van der Waals surface area contributed by atoms with E-state index >= 15 is 0 Å². The summed E-state index contributed by atoms with van der Waals surface area (Å²) in [6.07, 6.45) is 0. The molecule has 0 saturated heterocycles. The number of rotatable bonds is 2. The van der Waals surface area contributed by atoms with Crippen molar-refractivity contribution in [2.45, 2.75) is 0 Å². The molecule has 0 saturated carbocycles. The lowest BCUT2D eigenvalue weighted by Crippen LogP contribution is -2.01. The molecular formula is C24H13BN2. The van der Waals surface area contributed by atoms with E-state index in [1.807, 2.05) is 54.6 Å². The standard InChI is InChI=1S/C24H13BN2/c25-19-13-10-17(11-14-19)22-21-15-12-16-6-4-5-9-20(16)23(21)27-24(26-22)18-7-2-1-3-8-18/h2,4-15H. The topological polar surface area (TPSA) is 25.8 Å². The maximum Gasteiger partial charge on any atom is 0.161 e. The van der Waals surface area contributed by atoms with Crippen molar-refractivity contribution in [3.8, 4) is 22.6 Å². The maximum absolute atomic E-state index is 5.87. The lowest BCUT2D eigenvalue weighted by molar-refractivity contribution is 1.23. The Morgan fingerprint density at radius 3 is 2.37 bits per heavy atom. The summed E-state index contributed by atoms with van der Waals surface area (Å²) in [7, 11) is 5.87. The van der Waals surface area contributed by atoms with Crippen molar-refractivity contribution in [3.63, 3.8) is 0 Å². The predicted octanol–water partition coefficient (Wildman–Crippen LogP) is 4.51. The van der Waals surface area contributed by atoms with Gasteiger partial charge in [0.15, 0.2) is 5.82 Å². The lowest BCUT2D eigenvalue weighted by Gasteiger charge is -2.11. The van der Waals surface area contributed by atoms with Crippen LogP contribution in [-0.4, -0.2) is 17.8 Å². The summed E-state index contributed by atoms with van der Waals surface area (Å²) in [4.78, 5) is 9.80. The second kappa shape index (κ2) is 6.27. The quantitative estimate of drug-likeness (QED) is 0.349. The fourth-order valence-electron chi connectivity index (χ4n) is 3.34. The molecule has 0 aliphatic rings. The summed E-state index contributed by atoms with van der Waals surface area (Å²) in [6, 6.07) is 31.9. The smallest absolute Gasteiger partial charge is 0.161 e. The van der Waals surface area contributed by atoms with Crippen molar-refractivity contribution in [2.75, 3.05) is 0 Å². The third-order valence-electron chi connectivity index (χ3n) is 4.69. The Hall–Kier alpha value is -3.64. The van der Waals surface area contributed by atoms with Crippen molar-refractivity contribution < 1.29 is 0 Å². The number of aromatic nitrogens is 2. The first kappa shape index (κ1) is 15.6. The molecule has 5 rings (SSSR count). The van der Waals surface area contributed by atoms with Crippen molar-refractivity contribution in [1.82, 2.24) is 9.97 Å². The number of fused-ring (bicyclic) bond motifs is 3. The molecule has 1 aromatic heterocycles. The molecule has 122 valence electrons. The van der Waals surface area contributed by atoms with E-state index in [0.29, 0.717) is 5.82 Å². The van der Waals surface area contributed by atoms with Crippen LogP contribution in [0.1, 0.15) is 0 Å². The Kier molecular flexibility index (Phi) is 3.62. The molecule has 0 aliphatic heterocycles. The molecule has 0 bridgehead atoms. The molecule has 2 radical (unpaired) electrons. The van der Waals surface area contributed by atoms with E-state index in [-0.39, 0.29) is 0 Å². The van der Waals surface area contributed by atoms with E-state index in [1.165, 1.54) is 0 Å². The van der Waals surface area contributed by atoms with E-state index in [1.54, 1.807) is 0 Å². The van der Waals surface area contributed by atoms with E-state index in [4.69, 9.17) is 17.8 Å². The molecule has 27 heavy (non-hydrogen) atoms. The van der Waals surface area contributed by atoms with Gasteiger partial charge in [-0.1, -0.05) is 72.2 Å². The average Bonchev–Trinajstić information content (AvgIpc) is 2.74. The molecule has 0 fully saturated rings. The van der Waals surface area contributed by atoms with Gasteiger partial charge in [0.05, 0.1) is 11.2 Å². The number of nitrogens with zero attached hydrogens (tertiary/aromatic N) is 2. The van der Waals surface area contributed by atoms with Gasteiger partial charge in [0.1, 0.15) is 7.85 Å². The molecule has 0 unspecified atom stereocenters. The van der Waals surface area contributed by atoms with Crippen molar-refractivity contribution in [1.29, 1.82) is 0 Å². The van der Waals surface area contributed by atoms with Crippen molar-refractivity contribution in [2.24, 2.45) is 0 Å². The minimum Gasteiger partial charge on any atom is -0.227 e. The zero-order chi connectivity index (χ0) is 18.2. The van der Waals surface area contributed by atoms with Gasteiger partial charge in [-0.15, -0.1) is 0 Å². The summed E-state index contributed by atoms with van der Waals surface area (Å²) in [5, 5.41) is 3.29. The highest BCUT2D eigenvalue weighted by atomic mass is 14.9. The SMILES string of the molecule is [B]c1ccc(-c2nc(-c3cc#ccc3)nc3c2ccc2ccccc23)cc1. The normalized spacial score (nSPS) is 10.8.